The maximum Gasteiger partial charge on any atom is 0.239 e. The Hall–Kier alpha value is -1.84. The fourth-order valence-corrected chi connectivity index (χ4v) is 4.07. The second-order valence-corrected chi connectivity index (χ2v) is 7.73. The Labute approximate surface area is 157 Å². The molecular weight excluding hydrogens is 328 g/mol. The number of ether oxygens (including phenoxy) is 1. The molecule has 0 bridgehead atoms. The third-order valence-corrected chi connectivity index (χ3v) is 5.24. The van der Waals surface area contributed by atoms with Crippen molar-refractivity contribution in [2.24, 2.45) is 11.8 Å². The lowest BCUT2D eigenvalue weighted by molar-refractivity contribution is -0.117. The topological polar surface area (TPSA) is 70.3 Å². The van der Waals surface area contributed by atoms with Gasteiger partial charge in [-0.1, -0.05) is 13.8 Å². The fraction of sp³-hybridized carbons (Fsp3) is 0.700. The van der Waals surface area contributed by atoms with Crippen LogP contribution in [0.5, 0.6) is 0 Å². The number of nitrogens with one attached hydrogen (secondary N) is 1. The molecule has 0 aromatic carbocycles. The average Bonchev–Trinajstić information content (AvgIpc) is 2.78. The molecule has 1 aromatic rings. The monoisotopic (exact) mass is 360 g/mol. The van der Waals surface area contributed by atoms with Gasteiger partial charge in [0.15, 0.2) is 0 Å². The van der Waals surface area contributed by atoms with Crippen molar-refractivity contribution >= 4 is 11.7 Å². The second-order valence-electron chi connectivity index (χ2n) is 7.73. The lowest BCUT2D eigenvalue weighted by Gasteiger charge is -2.34. The van der Waals surface area contributed by atoms with E-state index in [9.17, 15) is 10.1 Å². The van der Waals surface area contributed by atoms with Gasteiger partial charge in [-0.25, -0.2) is 0 Å². The van der Waals surface area contributed by atoms with E-state index >= 15 is 0 Å². The quantitative estimate of drug-likeness (QED) is 0.759. The number of nitriles is 1. The van der Waals surface area contributed by atoms with E-state index in [-0.39, 0.29) is 5.91 Å². The van der Waals surface area contributed by atoms with E-state index in [1.807, 2.05) is 18.4 Å². The van der Waals surface area contributed by atoms with Gasteiger partial charge in [0.05, 0.1) is 12.1 Å². The molecule has 1 saturated heterocycles. The fourth-order valence-electron chi connectivity index (χ4n) is 4.07. The maximum atomic E-state index is 12.7. The molecule has 144 valence electrons. The zero-order valence-corrected chi connectivity index (χ0v) is 16.8. The van der Waals surface area contributed by atoms with Crippen LogP contribution in [-0.4, -0.2) is 48.7 Å². The van der Waals surface area contributed by atoms with E-state index in [0.29, 0.717) is 36.4 Å². The van der Waals surface area contributed by atoms with E-state index < -0.39 is 0 Å². The SMILES string of the molecule is COCCCn1c(C)c(C)c(C#N)c1NC(=O)CN1C[C@@H](C)C[C@H](C)C1. The van der Waals surface area contributed by atoms with E-state index in [2.05, 4.69) is 30.1 Å². The number of anilines is 1. The van der Waals surface area contributed by atoms with Crippen LogP contribution < -0.4 is 5.32 Å². The molecule has 0 unspecified atom stereocenters. The highest BCUT2D eigenvalue weighted by molar-refractivity contribution is 5.93. The molecule has 2 rings (SSSR count). The van der Waals surface area contributed by atoms with Gasteiger partial charge in [-0.2, -0.15) is 5.26 Å². The molecule has 0 spiro atoms. The Balaban J connectivity index is 2.12. The molecular formula is C20H32N4O2. The first-order valence-electron chi connectivity index (χ1n) is 9.48. The predicted molar refractivity (Wildman–Crippen MR) is 103 cm³/mol. The Kier molecular flexibility index (Phi) is 7.24. The molecule has 1 N–H and O–H groups in total. The normalized spacial score (nSPS) is 20.8. The zero-order chi connectivity index (χ0) is 19.3. The van der Waals surface area contributed by atoms with E-state index in [0.717, 1.165) is 37.3 Å². The summed E-state index contributed by atoms with van der Waals surface area (Å²) in [7, 11) is 1.68. The summed E-state index contributed by atoms with van der Waals surface area (Å²) in [6.45, 7) is 12.1. The highest BCUT2D eigenvalue weighted by Gasteiger charge is 2.25. The summed E-state index contributed by atoms with van der Waals surface area (Å²) in [6.07, 6.45) is 2.05. The van der Waals surface area contributed by atoms with Crippen LogP contribution in [0.15, 0.2) is 0 Å². The van der Waals surface area contributed by atoms with Crippen LogP contribution in [0.3, 0.4) is 0 Å². The first-order chi connectivity index (χ1) is 12.4. The van der Waals surface area contributed by atoms with Crippen molar-refractivity contribution in [2.75, 3.05) is 38.7 Å². The van der Waals surface area contributed by atoms with E-state index in [1.54, 1.807) is 7.11 Å². The first kappa shape index (κ1) is 20.5. The van der Waals surface area contributed by atoms with Gasteiger partial charge in [-0.15, -0.1) is 0 Å². The van der Waals surface area contributed by atoms with Crippen LogP contribution in [0.1, 0.15) is 43.5 Å². The number of methoxy groups -OCH3 is 1. The lowest BCUT2D eigenvalue weighted by atomic mass is 9.92. The molecule has 2 atom stereocenters. The minimum Gasteiger partial charge on any atom is -0.385 e. The van der Waals surface area contributed by atoms with Gasteiger partial charge in [0, 0.05) is 39.0 Å². The molecule has 6 nitrogen and oxygen atoms in total. The minimum absolute atomic E-state index is 0.0479. The van der Waals surface area contributed by atoms with Crippen LogP contribution in [0.25, 0.3) is 0 Å². The number of carbonyl (C=O) groups is 1. The third-order valence-electron chi connectivity index (χ3n) is 5.24. The first-order valence-corrected chi connectivity index (χ1v) is 9.48. The zero-order valence-electron chi connectivity index (χ0n) is 16.8. The summed E-state index contributed by atoms with van der Waals surface area (Å²) in [6, 6.07) is 2.26. The maximum absolute atomic E-state index is 12.7. The van der Waals surface area contributed by atoms with Gasteiger partial charge >= 0.3 is 0 Å². The van der Waals surface area contributed by atoms with Gasteiger partial charge in [-0.05, 0) is 44.1 Å². The summed E-state index contributed by atoms with van der Waals surface area (Å²) < 4.78 is 7.17. The Bertz CT molecular complexity index is 664. The predicted octanol–water partition coefficient (Wildman–Crippen LogP) is 2.93. The average molecular weight is 361 g/mol. The van der Waals surface area contributed by atoms with Crippen LogP contribution in [0.2, 0.25) is 0 Å². The summed E-state index contributed by atoms with van der Waals surface area (Å²) in [4.78, 5) is 14.9. The van der Waals surface area contributed by atoms with Gasteiger partial charge in [0.2, 0.25) is 5.91 Å². The molecule has 0 aliphatic carbocycles. The van der Waals surface area contributed by atoms with Crippen molar-refractivity contribution in [2.45, 2.75) is 47.1 Å². The van der Waals surface area contributed by atoms with E-state index in [4.69, 9.17) is 4.74 Å². The number of aromatic nitrogens is 1. The van der Waals surface area contributed by atoms with Gasteiger partial charge in [-0.3, -0.25) is 9.69 Å². The minimum atomic E-state index is -0.0479. The molecule has 6 heteroatoms. The molecule has 2 heterocycles. The summed E-state index contributed by atoms with van der Waals surface area (Å²) in [5, 5.41) is 12.6. The molecule has 1 aromatic heterocycles. The molecule has 1 aliphatic heterocycles. The standard InChI is InChI=1S/C20H32N4O2/c1-14-9-15(2)12-23(11-14)13-19(25)22-20-18(10-21)16(3)17(4)24(20)7-6-8-26-5/h14-15H,6-9,11-13H2,1-5H3,(H,22,25)/t14-,15-/m0/s1. The summed E-state index contributed by atoms with van der Waals surface area (Å²) in [5.41, 5.74) is 2.52. The van der Waals surface area contributed by atoms with Crippen molar-refractivity contribution < 1.29 is 9.53 Å². The molecule has 26 heavy (non-hydrogen) atoms. The number of piperidine rings is 1. The highest BCUT2D eigenvalue weighted by atomic mass is 16.5. The largest absolute Gasteiger partial charge is 0.385 e. The van der Waals surface area contributed by atoms with Crippen LogP contribution in [-0.2, 0) is 16.1 Å². The number of rotatable bonds is 7. The molecule has 1 aliphatic rings. The van der Waals surface area contributed by atoms with E-state index in [1.165, 1.54) is 6.42 Å². The molecule has 1 fully saturated rings. The van der Waals surface area contributed by atoms with Crippen molar-refractivity contribution in [3.8, 4) is 6.07 Å². The number of hydrogen-bond acceptors (Lipinski definition) is 4. The van der Waals surface area contributed by atoms with Gasteiger partial charge in [0.25, 0.3) is 0 Å². The summed E-state index contributed by atoms with van der Waals surface area (Å²) >= 11 is 0. The number of nitrogens with zero attached hydrogens (tertiary/aromatic N) is 3. The molecule has 0 saturated carbocycles. The third kappa shape index (κ3) is 4.87. The van der Waals surface area contributed by atoms with Crippen molar-refractivity contribution in [1.82, 2.24) is 9.47 Å². The van der Waals surface area contributed by atoms with Gasteiger partial charge in [0.1, 0.15) is 11.9 Å². The van der Waals surface area contributed by atoms with Crippen LogP contribution in [0.4, 0.5) is 5.82 Å². The highest BCUT2D eigenvalue weighted by Crippen LogP contribution is 2.27. The van der Waals surface area contributed by atoms with Crippen LogP contribution >= 0.6 is 0 Å². The Morgan fingerprint density at radius 2 is 1.96 bits per heavy atom. The van der Waals surface area contributed by atoms with Crippen molar-refractivity contribution in [3.05, 3.63) is 16.8 Å². The Morgan fingerprint density at radius 1 is 1.31 bits per heavy atom. The molecule has 0 radical (unpaired) electrons. The van der Waals surface area contributed by atoms with Gasteiger partial charge < -0.3 is 14.6 Å². The molecule has 1 amide bonds. The van der Waals surface area contributed by atoms with Crippen molar-refractivity contribution in [1.29, 1.82) is 5.26 Å². The number of hydrogen-bond donors (Lipinski definition) is 1. The number of likely N-dealkylation sites (tertiary alicyclic amines) is 1. The Morgan fingerprint density at radius 3 is 2.54 bits per heavy atom. The van der Waals surface area contributed by atoms with Crippen LogP contribution in [0, 0.1) is 37.0 Å². The second kappa shape index (κ2) is 9.20. The smallest absolute Gasteiger partial charge is 0.239 e. The number of carbonyl (C=O) groups excluding carboxylic acids is 1. The summed E-state index contributed by atoms with van der Waals surface area (Å²) in [5.74, 6) is 1.81. The van der Waals surface area contributed by atoms with Crippen molar-refractivity contribution in [3.63, 3.8) is 0 Å². The number of amides is 1. The lowest BCUT2D eigenvalue weighted by Crippen LogP contribution is -2.43.